The molecule has 2 amide bonds. The van der Waals surface area contributed by atoms with E-state index in [0.717, 1.165) is 0 Å². The van der Waals surface area contributed by atoms with Gasteiger partial charge < -0.3 is 15.4 Å². The number of ether oxygens (including phenoxy) is 1. The molecule has 0 aliphatic rings. The van der Waals surface area contributed by atoms with E-state index in [1.807, 2.05) is 6.92 Å². The SMILES string of the molecule is CCN(CC(=O)Nc1cccc(OC)c1)CC(=O)Nc1ccc(Cl)c([N+](=O)[O-])c1. The van der Waals surface area contributed by atoms with Crippen molar-refractivity contribution in [1.82, 2.24) is 4.90 Å². The molecule has 9 nitrogen and oxygen atoms in total. The van der Waals surface area contributed by atoms with E-state index in [2.05, 4.69) is 10.6 Å². The number of nitro benzene ring substituents is 1. The van der Waals surface area contributed by atoms with E-state index in [-0.39, 0.29) is 35.4 Å². The summed E-state index contributed by atoms with van der Waals surface area (Å²) in [7, 11) is 1.54. The maximum absolute atomic E-state index is 12.3. The lowest BCUT2D eigenvalue weighted by Gasteiger charge is -2.19. The highest BCUT2D eigenvalue weighted by atomic mass is 35.5. The topological polar surface area (TPSA) is 114 Å². The molecule has 0 fully saturated rings. The van der Waals surface area contributed by atoms with Crippen LogP contribution in [-0.2, 0) is 9.59 Å². The molecule has 10 heteroatoms. The largest absolute Gasteiger partial charge is 0.497 e. The van der Waals surface area contributed by atoms with Crippen LogP contribution in [0.5, 0.6) is 5.75 Å². The number of hydrogen-bond donors (Lipinski definition) is 2. The molecule has 29 heavy (non-hydrogen) atoms. The number of halogens is 1. The number of amides is 2. The minimum absolute atomic E-state index is 0.00188. The molecule has 2 rings (SSSR count). The first-order chi connectivity index (χ1) is 13.8. The molecule has 0 saturated heterocycles. The van der Waals surface area contributed by atoms with Crippen LogP contribution in [0.4, 0.5) is 17.1 Å². The van der Waals surface area contributed by atoms with Crippen molar-refractivity contribution in [3.63, 3.8) is 0 Å². The van der Waals surface area contributed by atoms with Crippen LogP contribution in [0.15, 0.2) is 42.5 Å². The number of hydrogen-bond acceptors (Lipinski definition) is 6. The maximum Gasteiger partial charge on any atom is 0.289 e. The van der Waals surface area contributed by atoms with Crippen LogP contribution in [-0.4, -0.2) is 48.4 Å². The second-order valence-corrected chi connectivity index (χ2v) is 6.46. The number of benzene rings is 2. The number of likely N-dealkylation sites (N-methyl/N-ethyl adjacent to an activating group) is 1. The molecule has 0 aliphatic heterocycles. The minimum atomic E-state index is -0.626. The number of anilines is 2. The highest BCUT2D eigenvalue weighted by molar-refractivity contribution is 6.32. The monoisotopic (exact) mass is 420 g/mol. The Labute approximate surface area is 172 Å². The molecule has 2 aromatic rings. The highest BCUT2D eigenvalue weighted by Crippen LogP contribution is 2.27. The summed E-state index contributed by atoms with van der Waals surface area (Å²) >= 11 is 5.76. The standard InChI is InChI=1S/C19H21ClN4O5/c1-3-23(11-18(25)21-13-5-4-6-15(9-13)29-2)12-19(26)22-14-7-8-16(20)17(10-14)24(27)28/h4-10H,3,11-12H2,1-2H3,(H,21,25)(H,22,26). The Hall–Kier alpha value is -3.17. The van der Waals surface area contributed by atoms with E-state index in [0.29, 0.717) is 18.0 Å². The van der Waals surface area contributed by atoms with Gasteiger partial charge in [-0.3, -0.25) is 24.6 Å². The molecule has 0 aliphatic carbocycles. The van der Waals surface area contributed by atoms with Crippen LogP contribution in [0.3, 0.4) is 0 Å². The molecule has 2 N–H and O–H groups in total. The van der Waals surface area contributed by atoms with E-state index in [9.17, 15) is 19.7 Å². The smallest absolute Gasteiger partial charge is 0.289 e. The van der Waals surface area contributed by atoms with Gasteiger partial charge in [0.1, 0.15) is 10.8 Å². The van der Waals surface area contributed by atoms with Crippen molar-refractivity contribution in [1.29, 1.82) is 0 Å². The molecule has 0 atom stereocenters. The minimum Gasteiger partial charge on any atom is -0.497 e. The zero-order valence-electron chi connectivity index (χ0n) is 16.0. The molecule has 0 heterocycles. The number of carbonyl (C=O) groups is 2. The molecule has 0 bridgehead atoms. The number of nitrogens with zero attached hydrogens (tertiary/aromatic N) is 2. The maximum atomic E-state index is 12.3. The summed E-state index contributed by atoms with van der Waals surface area (Å²) in [4.78, 5) is 36.5. The second kappa shape index (κ2) is 10.4. The van der Waals surface area contributed by atoms with Gasteiger partial charge >= 0.3 is 0 Å². The van der Waals surface area contributed by atoms with E-state index in [1.54, 1.807) is 29.2 Å². The van der Waals surface area contributed by atoms with Crippen LogP contribution < -0.4 is 15.4 Å². The molecule has 0 radical (unpaired) electrons. The van der Waals surface area contributed by atoms with Crippen molar-refractivity contribution in [3.05, 3.63) is 57.6 Å². The Kier molecular flexibility index (Phi) is 7.93. The van der Waals surface area contributed by atoms with E-state index in [4.69, 9.17) is 16.3 Å². The summed E-state index contributed by atoms with van der Waals surface area (Å²) in [6, 6.07) is 10.9. The molecule has 0 saturated carbocycles. The van der Waals surface area contributed by atoms with Crippen LogP contribution in [0.25, 0.3) is 0 Å². The van der Waals surface area contributed by atoms with Gasteiger partial charge in [0.2, 0.25) is 11.8 Å². The lowest BCUT2D eigenvalue weighted by Crippen LogP contribution is -2.38. The van der Waals surface area contributed by atoms with Gasteiger partial charge in [0.25, 0.3) is 5.69 Å². The quantitative estimate of drug-likeness (QED) is 0.475. The number of methoxy groups -OCH3 is 1. The van der Waals surface area contributed by atoms with Gasteiger partial charge in [-0.2, -0.15) is 0 Å². The van der Waals surface area contributed by atoms with Crippen molar-refractivity contribution in [3.8, 4) is 5.75 Å². The number of nitrogens with one attached hydrogen (secondary N) is 2. The van der Waals surface area contributed by atoms with Gasteiger partial charge in [-0.1, -0.05) is 24.6 Å². The summed E-state index contributed by atoms with van der Waals surface area (Å²) < 4.78 is 5.11. The van der Waals surface area contributed by atoms with Gasteiger partial charge in [0.15, 0.2) is 0 Å². The zero-order chi connectivity index (χ0) is 21.4. The lowest BCUT2D eigenvalue weighted by molar-refractivity contribution is -0.384. The fourth-order valence-corrected chi connectivity index (χ4v) is 2.70. The van der Waals surface area contributed by atoms with Gasteiger partial charge in [0, 0.05) is 23.5 Å². The molecule has 0 spiro atoms. The number of carbonyl (C=O) groups excluding carboxylic acids is 2. The van der Waals surface area contributed by atoms with Gasteiger partial charge in [-0.25, -0.2) is 0 Å². The molecule has 0 unspecified atom stereocenters. The third kappa shape index (κ3) is 6.74. The van der Waals surface area contributed by atoms with Crippen molar-refractivity contribution in [2.45, 2.75) is 6.92 Å². The van der Waals surface area contributed by atoms with E-state index >= 15 is 0 Å². The predicted octanol–water partition coefficient (Wildman–Crippen LogP) is 3.16. The third-order valence-electron chi connectivity index (χ3n) is 3.96. The number of rotatable bonds is 9. The molecule has 2 aromatic carbocycles. The Morgan fingerprint density at radius 2 is 1.72 bits per heavy atom. The fraction of sp³-hybridized carbons (Fsp3) is 0.263. The highest BCUT2D eigenvalue weighted by Gasteiger charge is 2.16. The zero-order valence-corrected chi connectivity index (χ0v) is 16.7. The summed E-state index contributed by atoms with van der Waals surface area (Å²) in [6.45, 7) is 2.22. The van der Waals surface area contributed by atoms with Crippen LogP contribution in [0, 0.1) is 10.1 Å². The molecule has 154 valence electrons. The molecule has 0 aromatic heterocycles. The fourth-order valence-electron chi connectivity index (χ4n) is 2.52. The Balaban J connectivity index is 1.93. The number of nitro groups is 1. The van der Waals surface area contributed by atoms with E-state index in [1.165, 1.54) is 25.3 Å². The van der Waals surface area contributed by atoms with Crippen molar-refractivity contribution in [2.75, 3.05) is 37.4 Å². The first kappa shape index (κ1) is 22.1. The Morgan fingerprint density at radius 3 is 2.28 bits per heavy atom. The summed E-state index contributed by atoms with van der Waals surface area (Å²) in [5.74, 6) is -0.0701. The molecular weight excluding hydrogens is 400 g/mol. The third-order valence-corrected chi connectivity index (χ3v) is 4.28. The van der Waals surface area contributed by atoms with Crippen LogP contribution >= 0.6 is 11.6 Å². The predicted molar refractivity (Wildman–Crippen MR) is 110 cm³/mol. The van der Waals surface area contributed by atoms with Gasteiger partial charge in [0.05, 0.1) is 25.1 Å². The first-order valence-electron chi connectivity index (χ1n) is 8.72. The first-order valence-corrected chi connectivity index (χ1v) is 9.10. The Bertz CT molecular complexity index is 906. The second-order valence-electron chi connectivity index (χ2n) is 6.05. The van der Waals surface area contributed by atoms with Gasteiger partial charge in [-0.05, 0) is 30.8 Å². The average molecular weight is 421 g/mol. The summed E-state index contributed by atoms with van der Waals surface area (Å²) in [5, 5.41) is 16.3. The van der Waals surface area contributed by atoms with E-state index < -0.39 is 10.8 Å². The van der Waals surface area contributed by atoms with Crippen molar-refractivity contribution in [2.24, 2.45) is 0 Å². The molecular formula is C19H21ClN4O5. The lowest BCUT2D eigenvalue weighted by atomic mass is 10.2. The van der Waals surface area contributed by atoms with Crippen molar-refractivity contribution < 1.29 is 19.2 Å². The average Bonchev–Trinajstić information content (AvgIpc) is 2.68. The van der Waals surface area contributed by atoms with Gasteiger partial charge in [-0.15, -0.1) is 0 Å². The van der Waals surface area contributed by atoms with Crippen LogP contribution in [0.1, 0.15) is 6.92 Å². The summed E-state index contributed by atoms with van der Waals surface area (Å²) in [5.41, 5.74) is 0.542. The van der Waals surface area contributed by atoms with Crippen LogP contribution in [0.2, 0.25) is 5.02 Å². The Morgan fingerprint density at radius 1 is 1.10 bits per heavy atom. The van der Waals surface area contributed by atoms with Crippen molar-refractivity contribution >= 4 is 40.5 Å². The normalized spacial score (nSPS) is 10.5. The summed E-state index contributed by atoms with van der Waals surface area (Å²) in [6.07, 6.45) is 0.